The summed E-state index contributed by atoms with van der Waals surface area (Å²) >= 11 is 0. The minimum atomic E-state index is -1.02. The fourth-order valence-electron chi connectivity index (χ4n) is 1.66. The molecule has 0 unspecified atom stereocenters. The van der Waals surface area contributed by atoms with Crippen LogP contribution in [0.2, 0.25) is 0 Å². The Labute approximate surface area is 83.9 Å². The van der Waals surface area contributed by atoms with E-state index in [2.05, 4.69) is 10.1 Å². The molecule has 0 atom stereocenters. The number of hydrogen-bond donors (Lipinski definition) is 2. The molecule has 0 aliphatic rings. The molecule has 0 fully saturated rings. The number of nitrogens with one attached hydrogen (secondary N) is 1. The Morgan fingerprint density at radius 2 is 2.20 bits per heavy atom. The molecule has 3 rings (SSSR count). The second kappa shape index (κ2) is 2.60. The van der Waals surface area contributed by atoms with Gasteiger partial charge >= 0.3 is 5.97 Å². The molecule has 2 aromatic heterocycles. The zero-order valence-corrected chi connectivity index (χ0v) is 7.64. The number of aromatic carboxylic acids is 1. The fourth-order valence-corrected chi connectivity index (χ4v) is 1.66. The summed E-state index contributed by atoms with van der Waals surface area (Å²) < 4.78 is 1.60. The van der Waals surface area contributed by atoms with Crippen LogP contribution in [-0.4, -0.2) is 25.7 Å². The van der Waals surface area contributed by atoms with E-state index >= 15 is 0 Å². The van der Waals surface area contributed by atoms with Crippen molar-refractivity contribution in [1.29, 1.82) is 0 Å². The molecule has 0 spiro atoms. The van der Waals surface area contributed by atoms with Crippen molar-refractivity contribution >= 4 is 22.6 Å². The van der Waals surface area contributed by atoms with E-state index in [1.165, 1.54) is 6.07 Å². The lowest BCUT2D eigenvalue weighted by Gasteiger charge is -1.88. The van der Waals surface area contributed by atoms with Gasteiger partial charge in [-0.05, 0) is 12.1 Å². The molecular weight excluding hydrogens is 194 g/mol. The Morgan fingerprint density at radius 1 is 1.40 bits per heavy atom. The summed E-state index contributed by atoms with van der Waals surface area (Å²) in [7, 11) is 0. The third-order valence-corrected chi connectivity index (χ3v) is 2.32. The van der Waals surface area contributed by atoms with Gasteiger partial charge in [-0.25, -0.2) is 9.31 Å². The van der Waals surface area contributed by atoms with Crippen LogP contribution in [0.25, 0.3) is 16.7 Å². The highest BCUT2D eigenvalue weighted by Gasteiger charge is 2.11. The lowest BCUT2D eigenvalue weighted by molar-refractivity contribution is 0.0690. The smallest absolute Gasteiger partial charge is 0.356 e. The van der Waals surface area contributed by atoms with E-state index in [1.807, 2.05) is 24.3 Å². The molecular formula is C10H7N3O2. The van der Waals surface area contributed by atoms with Crippen molar-refractivity contribution in [3.8, 4) is 0 Å². The van der Waals surface area contributed by atoms with E-state index in [1.54, 1.807) is 4.52 Å². The number of rotatable bonds is 1. The standard InChI is InChI=1S/C10H7N3O2/c14-10(15)7-5-9-11-6-3-1-2-4-8(6)13(9)12-7/h1-5,11H,(H,14,15). The van der Waals surface area contributed by atoms with Gasteiger partial charge in [-0.1, -0.05) is 12.1 Å². The van der Waals surface area contributed by atoms with Crippen molar-refractivity contribution in [2.75, 3.05) is 0 Å². The summed E-state index contributed by atoms with van der Waals surface area (Å²) in [4.78, 5) is 13.8. The number of H-pyrrole nitrogens is 1. The molecule has 0 amide bonds. The average molecular weight is 201 g/mol. The third-order valence-electron chi connectivity index (χ3n) is 2.32. The van der Waals surface area contributed by atoms with Gasteiger partial charge < -0.3 is 10.1 Å². The molecule has 2 N–H and O–H groups in total. The van der Waals surface area contributed by atoms with Gasteiger partial charge in [-0.3, -0.25) is 0 Å². The van der Waals surface area contributed by atoms with Crippen molar-refractivity contribution < 1.29 is 9.90 Å². The van der Waals surface area contributed by atoms with Gasteiger partial charge in [0.2, 0.25) is 0 Å². The monoisotopic (exact) mass is 201 g/mol. The van der Waals surface area contributed by atoms with Crippen molar-refractivity contribution in [3.05, 3.63) is 36.0 Å². The van der Waals surface area contributed by atoms with Crippen LogP contribution in [0.4, 0.5) is 0 Å². The summed E-state index contributed by atoms with van der Waals surface area (Å²) in [6.07, 6.45) is 0. The molecule has 2 heterocycles. The molecule has 74 valence electrons. The Morgan fingerprint density at radius 3 is 3.00 bits per heavy atom. The summed E-state index contributed by atoms with van der Waals surface area (Å²) in [5.41, 5.74) is 2.55. The first-order chi connectivity index (χ1) is 7.25. The molecule has 5 nitrogen and oxygen atoms in total. The minimum Gasteiger partial charge on any atom is -0.476 e. The van der Waals surface area contributed by atoms with Gasteiger partial charge in [-0.15, -0.1) is 0 Å². The SMILES string of the molecule is O=C(O)c1cc2[nH]c3ccccc3n2n1. The van der Waals surface area contributed by atoms with Gasteiger partial charge in [0.15, 0.2) is 5.69 Å². The van der Waals surface area contributed by atoms with Gasteiger partial charge in [0, 0.05) is 6.07 Å². The molecule has 1 aromatic carbocycles. The number of benzene rings is 1. The largest absolute Gasteiger partial charge is 0.476 e. The molecule has 5 heteroatoms. The maximum atomic E-state index is 10.7. The van der Waals surface area contributed by atoms with Crippen LogP contribution < -0.4 is 0 Å². The van der Waals surface area contributed by atoms with Gasteiger partial charge in [0.1, 0.15) is 5.65 Å². The highest BCUT2D eigenvalue weighted by molar-refractivity contribution is 5.88. The molecule has 0 saturated carbocycles. The first kappa shape index (κ1) is 8.05. The number of para-hydroxylation sites is 2. The predicted octanol–water partition coefficient (Wildman–Crippen LogP) is 1.51. The van der Waals surface area contributed by atoms with Crippen molar-refractivity contribution in [2.45, 2.75) is 0 Å². The Hall–Kier alpha value is -2.30. The van der Waals surface area contributed by atoms with Gasteiger partial charge in [0.05, 0.1) is 11.0 Å². The van der Waals surface area contributed by atoms with Gasteiger partial charge in [0.25, 0.3) is 0 Å². The third kappa shape index (κ3) is 1.03. The lowest BCUT2D eigenvalue weighted by Crippen LogP contribution is -1.97. The molecule has 0 aliphatic carbocycles. The van der Waals surface area contributed by atoms with E-state index in [0.717, 1.165) is 11.0 Å². The van der Waals surface area contributed by atoms with E-state index in [0.29, 0.717) is 5.65 Å². The van der Waals surface area contributed by atoms with Crippen LogP contribution in [0.15, 0.2) is 30.3 Å². The second-order valence-corrected chi connectivity index (χ2v) is 3.27. The quantitative estimate of drug-likeness (QED) is 0.627. The highest BCUT2D eigenvalue weighted by Crippen LogP contribution is 2.16. The Bertz CT molecular complexity index is 665. The highest BCUT2D eigenvalue weighted by atomic mass is 16.4. The van der Waals surface area contributed by atoms with E-state index in [-0.39, 0.29) is 5.69 Å². The molecule has 3 aromatic rings. The lowest BCUT2D eigenvalue weighted by atomic mass is 10.3. The van der Waals surface area contributed by atoms with E-state index in [9.17, 15) is 4.79 Å². The summed E-state index contributed by atoms with van der Waals surface area (Å²) in [6.45, 7) is 0. The number of aromatic amines is 1. The molecule has 0 radical (unpaired) electrons. The first-order valence-corrected chi connectivity index (χ1v) is 4.45. The van der Waals surface area contributed by atoms with Crippen LogP contribution in [0, 0.1) is 0 Å². The number of carbonyl (C=O) groups is 1. The van der Waals surface area contributed by atoms with Crippen molar-refractivity contribution in [3.63, 3.8) is 0 Å². The average Bonchev–Trinajstić information content (AvgIpc) is 2.73. The fraction of sp³-hybridized carbons (Fsp3) is 0. The molecule has 15 heavy (non-hydrogen) atoms. The molecule has 0 bridgehead atoms. The van der Waals surface area contributed by atoms with Crippen LogP contribution in [0.3, 0.4) is 0 Å². The van der Waals surface area contributed by atoms with Crippen molar-refractivity contribution in [1.82, 2.24) is 14.6 Å². The topological polar surface area (TPSA) is 70.4 Å². The summed E-state index contributed by atoms with van der Waals surface area (Å²) in [5.74, 6) is -1.02. The zero-order chi connectivity index (χ0) is 10.4. The van der Waals surface area contributed by atoms with Crippen LogP contribution in [-0.2, 0) is 0 Å². The zero-order valence-electron chi connectivity index (χ0n) is 7.64. The van der Waals surface area contributed by atoms with Crippen LogP contribution in [0.1, 0.15) is 10.5 Å². The summed E-state index contributed by atoms with van der Waals surface area (Å²) in [6, 6.07) is 9.12. The number of aromatic nitrogens is 3. The number of imidazole rings is 1. The van der Waals surface area contributed by atoms with Crippen LogP contribution >= 0.6 is 0 Å². The van der Waals surface area contributed by atoms with E-state index < -0.39 is 5.97 Å². The van der Waals surface area contributed by atoms with E-state index in [4.69, 9.17) is 5.11 Å². The van der Waals surface area contributed by atoms with Crippen LogP contribution in [0.5, 0.6) is 0 Å². The number of carboxylic acid groups (broad SMARTS) is 1. The number of carboxylic acids is 1. The number of nitrogens with zero attached hydrogens (tertiary/aromatic N) is 2. The maximum Gasteiger partial charge on any atom is 0.356 e. The Balaban J connectivity index is 2.42. The normalized spacial score (nSPS) is 11.2. The number of hydrogen-bond acceptors (Lipinski definition) is 2. The Kier molecular flexibility index (Phi) is 1.39. The minimum absolute atomic E-state index is 0.0482. The summed E-state index contributed by atoms with van der Waals surface area (Å²) in [5, 5.41) is 12.8. The maximum absolute atomic E-state index is 10.7. The molecule has 0 aliphatic heterocycles. The second-order valence-electron chi connectivity index (χ2n) is 3.27. The van der Waals surface area contributed by atoms with Gasteiger partial charge in [-0.2, -0.15) is 5.10 Å². The predicted molar refractivity (Wildman–Crippen MR) is 54.0 cm³/mol. The van der Waals surface area contributed by atoms with Crippen molar-refractivity contribution in [2.24, 2.45) is 0 Å². The number of fused-ring (bicyclic) bond motifs is 3. The first-order valence-electron chi connectivity index (χ1n) is 4.45. The molecule has 0 saturated heterocycles.